The molecule has 0 N–H and O–H groups in total. The number of pyridine rings is 1. The molecule has 1 aromatic carbocycles. The molecule has 0 bridgehead atoms. The summed E-state index contributed by atoms with van der Waals surface area (Å²) in [6.07, 6.45) is 1.66. The van der Waals surface area contributed by atoms with E-state index < -0.39 is 11.6 Å². The second-order valence-corrected chi connectivity index (χ2v) is 5.05. The van der Waals surface area contributed by atoms with E-state index in [1.807, 2.05) is 13.0 Å². The minimum atomic E-state index is -0.479. The lowest BCUT2D eigenvalue weighted by molar-refractivity contribution is 0.576. The van der Waals surface area contributed by atoms with E-state index in [0.717, 1.165) is 23.2 Å². The highest BCUT2D eigenvalue weighted by Crippen LogP contribution is 2.21. The van der Waals surface area contributed by atoms with Crippen molar-refractivity contribution in [2.45, 2.75) is 19.3 Å². The molecule has 0 aliphatic heterocycles. The number of fused-ring (bicyclic) bond motifs is 1. The fraction of sp³-hybridized carbons (Fsp3) is 0.200. The molecule has 0 saturated carbocycles. The van der Waals surface area contributed by atoms with Gasteiger partial charge in [0.15, 0.2) is 5.65 Å². The van der Waals surface area contributed by atoms with Gasteiger partial charge in [0.05, 0.1) is 12.4 Å². The van der Waals surface area contributed by atoms with Gasteiger partial charge in [0.2, 0.25) is 0 Å². The van der Waals surface area contributed by atoms with Crippen molar-refractivity contribution >= 4 is 22.8 Å². The van der Waals surface area contributed by atoms with E-state index in [4.69, 9.17) is 11.6 Å². The van der Waals surface area contributed by atoms with Crippen molar-refractivity contribution in [3.63, 3.8) is 0 Å². The number of rotatable bonds is 3. The highest BCUT2D eigenvalue weighted by molar-refractivity contribution is 6.16. The normalized spacial score (nSPS) is 11.2. The van der Waals surface area contributed by atoms with E-state index in [-0.39, 0.29) is 18.0 Å². The van der Waals surface area contributed by atoms with Crippen LogP contribution in [0.5, 0.6) is 0 Å². The summed E-state index contributed by atoms with van der Waals surface area (Å²) in [4.78, 5) is 8.72. The second-order valence-electron chi connectivity index (χ2n) is 4.78. The Labute approximate surface area is 125 Å². The number of alkyl halides is 1. The monoisotopic (exact) mass is 307 g/mol. The largest absolute Gasteiger partial charge is 0.307 e. The van der Waals surface area contributed by atoms with Crippen molar-refractivity contribution < 1.29 is 8.78 Å². The van der Waals surface area contributed by atoms with Gasteiger partial charge in [-0.15, -0.1) is 11.6 Å². The Morgan fingerprint density at radius 2 is 2.05 bits per heavy atom. The van der Waals surface area contributed by atoms with Crippen molar-refractivity contribution in [1.82, 2.24) is 14.5 Å². The summed E-state index contributed by atoms with van der Waals surface area (Å²) >= 11 is 5.91. The Balaban J connectivity index is 2.15. The zero-order valence-electron chi connectivity index (χ0n) is 11.3. The number of aromatic nitrogens is 3. The molecule has 2 heterocycles. The molecule has 0 unspecified atom stereocenters. The van der Waals surface area contributed by atoms with E-state index in [9.17, 15) is 8.78 Å². The Bertz CT molecular complexity index is 814. The number of halogens is 3. The minimum absolute atomic E-state index is 0.137. The number of aryl methyl sites for hydroxylation is 1. The Kier molecular flexibility index (Phi) is 3.59. The summed E-state index contributed by atoms with van der Waals surface area (Å²) in [5.41, 5.74) is 2.55. The van der Waals surface area contributed by atoms with Gasteiger partial charge in [-0.2, -0.15) is 0 Å². The average Bonchev–Trinajstić information content (AvgIpc) is 2.82. The first-order valence-electron chi connectivity index (χ1n) is 6.40. The van der Waals surface area contributed by atoms with Crippen LogP contribution in [0.4, 0.5) is 8.78 Å². The predicted molar refractivity (Wildman–Crippen MR) is 77.3 cm³/mol. The highest BCUT2D eigenvalue weighted by Gasteiger charge is 2.15. The van der Waals surface area contributed by atoms with E-state index in [1.165, 1.54) is 6.07 Å². The molecular weight excluding hydrogens is 296 g/mol. The summed E-state index contributed by atoms with van der Waals surface area (Å²) in [7, 11) is 0. The standard InChI is InChI=1S/C15H12ClF2N3/c1-9-4-5-19-15-14(9)20-13(7-16)21(15)8-10-6-11(17)2-3-12(10)18/h2-6H,7-8H2,1H3. The molecule has 3 rings (SSSR count). The second kappa shape index (κ2) is 5.41. The maximum absolute atomic E-state index is 13.8. The molecule has 0 spiro atoms. The van der Waals surface area contributed by atoms with Gasteiger partial charge in [-0.05, 0) is 36.8 Å². The molecule has 0 fully saturated rings. The minimum Gasteiger partial charge on any atom is -0.307 e. The summed E-state index contributed by atoms with van der Waals surface area (Å²) in [6, 6.07) is 5.23. The lowest BCUT2D eigenvalue weighted by atomic mass is 10.2. The zero-order chi connectivity index (χ0) is 15.0. The van der Waals surface area contributed by atoms with E-state index in [0.29, 0.717) is 11.5 Å². The first kappa shape index (κ1) is 13.9. The van der Waals surface area contributed by atoms with Gasteiger partial charge in [0, 0.05) is 11.8 Å². The highest BCUT2D eigenvalue weighted by atomic mass is 35.5. The fourth-order valence-electron chi connectivity index (χ4n) is 2.29. The smallest absolute Gasteiger partial charge is 0.160 e. The molecular formula is C15H12ClF2N3. The van der Waals surface area contributed by atoms with Gasteiger partial charge in [-0.25, -0.2) is 18.7 Å². The van der Waals surface area contributed by atoms with Crippen molar-refractivity contribution in [2.24, 2.45) is 0 Å². The van der Waals surface area contributed by atoms with Gasteiger partial charge in [-0.3, -0.25) is 0 Å². The summed E-state index contributed by atoms with van der Waals surface area (Å²) < 4.78 is 28.8. The maximum Gasteiger partial charge on any atom is 0.160 e. The number of hydrogen-bond donors (Lipinski definition) is 0. The van der Waals surface area contributed by atoms with Crippen LogP contribution in [0.2, 0.25) is 0 Å². The third-order valence-corrected chi connectivity index (χ3v) is 3.61. The molecule has 2 aromatic heterocycles. The molecule has 0 aliphatic rings. The SMILES string of the molecule is Cc1ccnc2c1nc(CCl)n2Cc1cc(F)ccc1F. The Morgan fingerprint density at radius 3 is 2.81 bits per heavy atom. The van der Waals surface area contributed by atoms with E-state index in [2.05, 4.69) is 9.97 Å². The van der Waals surface area contributed by atoms with Gasteiger partial charge in [0.1, 0.15) is 23.0 Å². The molecule has 3 aromatic rings. The quantitative estimate of drug-likeness (QED) is 0.689. The predicted octanol–water partition coefficient (Wildman–Crippen LogP) is 3.81. The Hall–Kier alpha value is -2.01. The van der Waals surface area contributed by atoms with Crippen molar-refractivity contribution in [3.05, 3.63) is 59.0 Å². The molecule has 6 heteroatoms. The molecule has 0 atom stereocenters. The summed E-state index contributed by atoms with van der Waals surface area (Å²) in [5.74, 6) is -0.192. The third-order valence-electron chi connectivity index (χ3n) is 3.37. The number of imidazole rings is 1. The van der Waals surface area contributed by atoms with Gasteiger partial charge in [0.25, 0.3) is 0 Å². The third kappa shape index (κ3) is 2.49. The first-order valence-corrected chi connectivity index (χ1v) is 6.94. The van der Waals surface area contributed by atoms with Crippen LogP contribution in [-0.4, -0.2) is 14.5 Å². The number of hydrogen-bond acceptors (Lipinski definition) is 2. The zero-order valence-corrected chi connectivity index (χ0v) is 12.0. The van der Waals surface area contributed by atoms with Crippen molar-refractivity contribution in [1.29, 1.82) is 0 Å². The fourth-order valence-corrected chi connectivity index (χ4v) is 2.49. The van der Waals surface area contributed by atoms with Crippen molar-refractivity contribution in [2.75, 3.05) is 0 Å². The summed E-state index contributed by atoms with van der Waals surface area (Å²) in [6.45, 7) is 2.06. The maximum atomic E-state index is 13.8. The van der Waals surface area contributed by atoms with Gasteiger partial charge < -0.3 is 4.57 Å². The van der Waals surface area contributed by atoms with Crippen LogP contribution in [0.1, 0.15) is 17.0 Å². The number of benzene rings is 1. The Morgan fingerprint density at radius 1 is 1.24 bits per heavy atom. The van der Waals surface area contributed by atoms with Crippen LogP contribution in [-0.2, 0) is 12.4 Å². The molecule has 0 radical (unpaired) electrons. The number of nitrogens with zero attached hydrogens (tertiary/aromatic N) is 3. The van der Waals surface area contributed by atoms with Crippen LogP contribution in [0.25, 0.3) is 11.2 Å². The first-order chi connectivity index (χ1) is 10.1. The van der Waals surface area contributed by atoms with Crippen LogP contribution >= 0.6 is 11.6 Å². The van der Waals surface area contributed by atoms with Crippen LogP contribution in [0, 0.1) is 18.6 Å². The molecule has 0 aliphatic carbocycles. The molecule has 108 valence electrons. The molecule has 0 amide bonds. The lowest BCUT2D eigenvalue weighted by Gasteiger charge is -2.08. The topological polar surface area (TPSA) is 30.7 Å². The van der Waals surface area contributed by atoms with Gasteiger partial charge >= 0.3 is 0 Å². The molecule has 3 nitrogen and oxygen atoms in total. The van der Waals surface area contributed by atoms with Crippen LogP contribution in [0.3, 0.4) is 0 Å². The van der Waals surface area contributed by atoms with Crippen LogP contribution in [0.15, 0.2) is 30.5 Å². The van der Waals surface area contributed by atoms with Crippen LogP contribution < -0.4 is 0 Å². The van der Waals surface area contributed by atoms with E-state index in [1.54, 1.807) is 10.8 Å². The summed E-state index contributed by atoms with van der Waals surface area (Å²) in [5, 5.41) is 0. The lowest BCUT2D eigenvalue weighted by Crippen LogP contribution is -2.06. The van der Waals surface area contributed by atoms with Gasteiger partial charge in [-0.1, -0.05) is 0 Å². The molecule has 0 saturated heterocycles. The average molecular weight is 308 g/mol. The molecule has 21 heavy (non-hydrogen) atoms. The van der Waals surface area contributed by atoms with E-state index >= 15 is 0 Å². The van der Waals surface area contributed by atoms with Crippen molar-refractivity contribution in [3.8, 4) is 0 Å².